The summed E-state index contributed by atoms with van der Waals surface area (Å²) in [6, 6.07) is 12.4. The number of carbonyl (C=O) groups is 2. The Morgan fingerprint density at radius 1 is 1.08 bits per heavy atom. The molecule has 2 aromatic carbocycles. The minimum Gasteiger partial charge on any atom is -0.483 e. The van der Waals surface area contributed by atoms with Gasteiger partial charge in [-0.15, -0.1) is 0 Å². The summed E-state index contributed by atoms with van der Waals surface area (Å²) in [4.78, 5) is 23.8. The van der Waals surface area contributed by atoms with Crippen molar-refractivity contribution in [2.45, 2.75) is 26.7 Å². The van der Waals surface area contributed by atoms with Crippen LogP contribution >= 0.6 is 11.6 Å². The van der Waals surface area contributed by atoms with Crippen LogP contribution in [0, 0.1) is 6.92 Å². The van der Waals surface area contributed by atoms with Crippen molar-refractivity contribution in [2.24, 2.45) is 0 Å². The fourth-order valence-corrected chi connectivity index (χ4v) is 2.36. The van der Waals surface area contributed by atoms with Crippen LogP contribution in [0.3, 0.4) is 0 Å². The van der Waals surface area contributed by atoms with E-state index < -0.39 is 0 Å². The van der Waals surface area contributed by atoms with Crippen LogP contribution in [0.4, 0.5) is 11.4 Å². The zero-order chi connectivity index (χ0) is 18.2. The van der Waals surface area contributed by atoms with E-state index in [1.807, 2.05) is 32.0 Å². The number of ether oxygens (including phenoxy) is 1. The Hall–Kier alpha value is -2.53. The van der Waals surface area contributed by atoms with Crippen molar-refractivity contribution in [3.8, 4) is 5.75 Å². The first-order valence-electron chi connectivity index (χ1n) is 8.07. The minimum absolute atomic E-state index is 0.0787. The van der Waals surface area contributed by atoms with Crippen LogP contribution in [0.15, 0.2) is 42.5 Å². The van der Waals surface area contributed by atoms with Gasteiger partial charge >= 0.3 is 0 Å². The first-order valence-corrected chi connectivity index (χ1v) is 8.45. The van der Waals surface area contributed by atoms with Crippen molar-refractivity contribution in [2.75, 3.05) is 17.2 Å². The SMILES string of the molecule is CCCC(=O)Nc1ccc(Cl)c(NC(=O)COc2ccccc2C)c1. The molecule has 0 aliphatic rings. The zero-order valence-electron chi connectivity index (χ0n) is 14.3. The largest absolute Gasteiger partial charge is 0.483 e. The molecular formula is C19H21ClN2O3. The number of hydrogen-bond acceptors (Lipinski definition) is 3. The number of carbonyl (C=O) groups excluding carboxylic acids is 2. The summed E-state index contributed by atoms with van der Waals surface area (Å²) < 4.78 is 5.51. The van der Waals surface area contributed by atoms with Crippen LogP contribution in [0.25, 0.3) is 0 Å². The predicted molar refractivity (Wildman–Crippen MR) is 100 cm³/mol. The van der Waals surface area contributed by atoms with Crippen molar-refractivity contribution in [1.29, 1.82) is 0 Å². The van der Waals surface area contributed by atoms with Crippen LogP contribution in [0.5, 0.6) is 5.75 Å². The van der Waals surface area contributed by atoms with Crippen LogP contribution in [0.1, 0.15) is 25.3 Å². The Balaban J connectivity index is 1.97. The first kappa shape index (κ1) is 18.8. The van der Waals surface area contributed by atoms with Crippen molar-refractivity contribution in [1.82, 2.24) is 0 Å². The molecule has 25 heavy (non-hydrogen) atoms. The Labute approximate surface area is 152 Å². The molecule has 2 aromatic rings. The number of anilines is 2. The Morgan fingerprint density at radius 3 is 2.56 bits per heavy atom. The first-order chi connectivity index (χ1) is 12.0. The molecule has 0 fully saturated rings. The van der Waals surface area contributed by atoms with Gasteiger partial charge in [-0.25, -0.2) is 0 Å². The predicted octanol–water partition coefficient (Wildman–Crippen LogP) is 4.40. The number of benzene rings is 2. The summed E-state index contributed by atoms with van der Waals surface area (Å²) >= 11 is 6.11. The fourth-order valence-electron chi connectivity index (χ4n) is 2.20. The third-order valence-corrected chi connectivity index (χ3v) is 3.78. The average Bonchev–Trinajstić information content (AvgIpc) is 2.57. The standard InChI is InChI=1S/C19H21ClN2O3/c1-3-6-18(23)21-14-9-10-15(20)16(11-14)22-19(24)12-25-17-8-5-4-7-13(17)2/h4-5,7-11H,3,6,12H2,1-2H3,(H,21,23)(H,22,24). The highest BCUT2D eigenvalue weighted by Crippen LogP contribution is 2.26. The second-order valence-electron chi connectivity index (χ2n) is 5.60. The molecule has 0 radical (unpaired) electrons. The quantitative estimate of drug-likeness (QED) is 0.768. The summed E-state index contributed by atoms with van der Waals surface area (Å²) in [5.74, 6) is 0.247. The number of hydrogen-bond donors (Lipinski definition) is 2. The third-order valence-electron chi connectivity index (χ3n) is 3.45. The molecule has 5 nitrogen and oxygen atoms in total. The molecule has 2 rings (SSSR count). The van der Waals surface area contributed by atoms with Gasteiger partial charge in [-0.1, -0.05) is 36.7 Å². The minimum atomic E-state index is -0.331. The van der Waals surface area contributed by atoms with Crippen molar-refractivity contribution >= 4 is 34.8 Å². The molecule has 0 spiro atoms. The molecule has 132 valence electrons. The number of amides is 2. The molecule has 0 aliphatic carbocycles. The smallest absolute Gasteiger partial charge is 0.262 e. The van der Waals surface area contributed by atoms with Crippen molar-refractivity contribution < 1.29 is 14.3 Å². The van der Waals surface area contributed by atoms with E-state index in [0.717, 1.165) is 12.0 Å². The van der Waals surface area contributed by atoms with Gasteiger partial charge in [-0.05, 0) is 43.2 Å². The molecule has 0 aliphatic heterocycles. The number of aryl methyl sites for hydroxylation is 1. The second-order valence-corrected chi connectivity index (χ2v) is 6.00. The van der Waals surface area contributed by atoms with Gasteiger partial charge in [0.25, 0.3) is 5.91 Å². The van der Waals surface area contributed by atoms with Crippen molar-refractivity contribution in [3.05, 3.63) is 53.1 Å². The lowest BCUT2D eigenvalue weighted by atomic mass is 10.2. The van der Waals surface area contributed by atoms with Gasteiger partial charge in [0, 0.05) is 12.1 Å². The fraction of sp³-hybridized carbons (Fsp3) is 0.263. The van der Waals surface area contributed by atoms with Gasteiger partial charge < -0.3 is 15.4 Å². The van der Waals surface area contributed by atoms with Gasteiger partial charge in [0.2, 0.25) is 5.91 Å². The zero-order valence-corrected chi connectivity index (χ0v) is 15.0. The molecule has 0 saturated heterocycles. The second kappa shape index (κ2) is 9.08. The van der Waals surface area contributed by atoms with Gasteiger partial charge in [-0.2, -0.15) is 0 Å². The summed E-state index contributed by atoms with van der Waals surface area (Å²) in [5.41, 5.74) is 1.96. The molecule has 0 saturated carbocycles. The molecule has 2 amide bonds. The van der Waals surface area contributed by atoms with Gasteiger partial charge in [0.1, 0.15) is 5.75 Å². The summed E-state index contributed by atoms with van der Waals surface area (Å²) in [5, 5.41) is 5.85. The highest BCUT2D eigenvalue weighted by atomic mass is 35.5. The monoisotopic (exact) mass is 360 g/mol. The van der Waals surface area contributed by atoms with E-state index in [4.69, 9.17) is 16.3 Å². The topological polar surface area (TPSA) is 67.4 Å². The number of halogens is 1. The van der Waals surface area contributed by atoms with Crippen LogP contribution in [0.2, 0.25) is 5.02 Å². The molecule has 0 atom stereocenters. The van der Waals surface area contributed by atoms with Gasteiger partial charge in [0.05, 0.1) is 10.7 Å². The maximum Gasteiger partial charge on any atom is 0.262 e. The van der Waals surface area contributed by atoms with Gasteiger partial charge in [0.15, 0.2) is 6.61 Å². The van der Waals surface area contributed by atoms with Crippen LogP contribution in [-0.4, -0.2) is 18.4 Å². The number of rotatable bonds is 7. The number of para-hydroxylation sites is 1. The van der Waals surface area contributed by atoms with E-state index in [9.17, 15) is 9.59 Å². The summed E-state index contributed by atoms with van der Waals surface area (Å²) in [6.07, 6.45) is 1.20. The third kappa shape index (κ3) is 5.80. The molecule has 0 unspecified atom stereocenters. The summed E-state index contributed by atoms with van der Waals surface area (Å²) in [7, 11) is 0. The normalized spacial score (nSPS) is 10.2. The van der Waals surface area contributed by atoms with E-state index in [1.54, 1.807) is 24.3 Å². The van der Waals surface area contributed by atoms with Crippen LogP contribution in [-0.2, 0) is 9.59 Å². The molecule has 0 heterocycles. The Bertz CT molecular complexity index is 762. The van der Waals surface area contributed by atoms with Crippen LogP contribution < -0.4 is 15.4 Å². The van der Waals surface area contributed by atoms with Crippen molar-refractivity contribution in [3.63, 3.8) is 0 Å². The van der Waals surface area contributed by atoms with E-state index in [2.05, 4.69) is 10.6 Å². The lowest BCUT2D eigenvalue weighted by molar-refractivity contribution is -0.118. The lowest BCUT2D eigenvalue weighted by Crippen LogP contribution is -2.20. The number of nitrogens with one attached hydrogen (secondary N) is 2. The molecule has 0 aromatic heterocycles. The summed E-state index contributed by atoms with van der Waals surface area (Å²) in [6.45, 7) is 3.71. The molecule has 0 bridgehead atoms. The molecule has 2 N–H and O–H groups in total. The molecular weight excluding hydrogens is 340 g/mol. The van der Waals surface area contributed by atoms with E-state index in [1.165, 1.54) is 0 Å². The van der Waals surface area contributed by atoms with E-state index in [-0.39, 0.29) is 18.4 Å². The Morgan fingerprint density at radius 2 is 1.84 bits per heavy atom. The maximum absolute atomic E-state index is 12.1. The highest BCUT2D eigenvalue weighted by Gasteiger charge is 2.10. The Kier molecular flexibility index (Phi) is 6.83. The highest BCUT2D eigenvalue weighted by molar-refractivity contribution is 6.33. The maximum atomic E-state index is 12.1. The van der Waals surface area contributed by atoms with E-state index in [0.29, 0.717) is 28.6 Å². The molecule has 6 heteroatoms. The lowest BCUT2D eigenvalue weighted by Gasteiger charge is -2.12. The van der Waals surface area contributed by atoms with E-state index >= 15 is 0 Å². The average molecular weight is 361 g/mol. The van der Waals surface area contributed by atoms with Gasteiger partial charge in [-0.3, -0.25) is 9.59 Å².